The zero-order valence-corrected chi connectivity index (χ0v) is 22.9. The molecule has 4 aromatic rings. The van der Waals surface area contributed by atoms with Crippen LogP contribution < -0.4 is 24.4 Å². The maximum Gasteiger partial charge on any atom is 0.161 e. The number of benzene rings is 4. The fourth-order valence-corrected chi connectivity index (χ4v) is 6.80. The number of hydrogen-bond acceptors (Lipinski definition) is 6. The van der Waals surface area contributed by atoms with E-state index in [9.17, 15) is 0 Å². The van der Waals surface area contributed by atoms with Gasteiger partial charge in [0.1, 0.15) is 0 Å². The lowest BCUT2D eigenvalue weighted by molar-refractivity contribution is 0.142. The van der Waals surface area contributed by atoms with Crippen molar-refractivity contribution in [2.24, 2.45) is 0 Å². The Balaban J connectivity index is 1.46. The van der Waals surface area contributed by atoms with Crippen LogP contribution in [0.2, 0.25) is 0 Å². The third-order valence-corrected chi connectivity index (χ3v) is 8.76. The normalized spacial score (nSPS) is 23.9. The zero-order valence-electron chi connectivity index (χ0n) is 22.9. The molecule has 7 heteroatoms. The Hall–Kier alpha value is -3.52. The van der Waals surface area contributed by atoms with Gasteiger partial charge in [0.05, 0.1) is 40.5 Å². The molecule has 0 bridgehead atoms. The van der Waals surface area contributed by atoms with E-state index in [2.05, 4.69) is 64.5 Å². The van der Waals surface area contributed by atoms with Crippen LogP contribution in [-0.4, -0.2) is 57.5 Å². The van der Waals surface area contributed by atoms with E-state index in [-0.39, 0.29) is 6.04 Å². The fraction of sp³-hybridized carbons (Fsp3) is 0.375. The molecule has 0 N–H and O–H groups in total. The van der Waals surface area contributed by atoms with E-state index in [0.717, 1.165) is 48.3 Å². The van der Waals surface area contributed by atoms with E-state index in [1.807, 2.05) is 0 Å². The molecule has 4 aromatic carbocycles. The van der Waals surface area contributed by atoms with Crippen molar-refractivity contribution in [2.75, 3.05) is 41.5 Å². The van der Waals surface area contributed by atoms with Gasteiger partial charge >= 0.3 is 0 Å². The van der Waals surface area contributed by atoms with E-state index < -0.39 is 0 Å². The lowest BCUT2D eigenvalue weighted by atomic mass is 9.82. The molecule has 1 radical (unpaired) electrons. The molecule has 0 saturated carbocycles. The topological polar surface area (TPSA) is 57.3 Å². The summed E-state index contributed by atoms with van der Waals surface area (Å²) in [5, 5.41) is 6.85. The Morgan fingerprint density at radius 3 is 1.97 bits per heavy atom. The van der Waals surface area contributed by atoms with Crippen LogP contribution in [0, 0.1) is 0 Å². The van der Waals surface area contributed by atoms with Gasteiger partial charge in [0.25, 0.3) is 0 Å². The van der Waals surface area contributed by atoms with Crippen molar-refractivity contribution < 1.29 is 18.9 Å². The number of ether oxygens (including phenoxy) is 4. The van der Waals surface area contributed by atoms with Crippen LogP contribution in [0.15, 0.2) is 54.6 Å². The Morgan fingerprint density at radius 1 is 0.744 bits per heavy atom. The summed E-state index contributed by atoms with van der Waals surface area (Å²) in [6.07, 6.45) is 2.34. The number of methoxy groups -OCH3 is 4. The molecule has 3 heterocycles. The molecule has 7 nitrogen and oxygen atoms in total. The number of hydrogen-bond donors (Lipinski definition) is 0. The van der Waals surface area contributed by atoms with Crippen LogP contribution in [0.1, 0.15) is 41.6 Å². The van der Waals surface area contributed by atoms with Crippen LogP contribution >= 0.6 is 0 Å². The summed E-state index contributed by atoms with van der Waals surface area (Å²) in [7, 11) is 6.77. The Bertz CT molecular complexity index is 1560. The van der Waals surface area contributed by atoms with Crippen LogP contribution in [0.25, 0.3) is 21.5 Å². The van der Waals surface area contributed by atoms with Crippen molar-refractivity contribution >= 4 is 21.5 Å². The first-order valence-corrected chi connectivity index (χ1v) is 13.7. The minimum atomic E-state index is 0.0306. The number of rotatable bonds is 7. The molecule has 0 aromatic heterocycles. The standard InChI is InChI=1S/C32H34N3O4/c1-36-27-13-20-21-14-28(37-2)30(39-4)16-23(21)31-24(22(20)15-29(27)38-3)17-34-12-8-11-25(34)32(31)33-35-18-26(35)19-9-6-5-7-10-19/h5-7,9-10,13-16,25-26,32H,8,11-12,17-18H2,1-4H3/t25-,26?,32?,35?/m0/s1. The van der Waals surface area contributed by atoms with Crippen molar-refractivity contribution in [1.29, 1.82) is 0 Å². The molecular weight excluding hydrogens is 490 g/mol. The smallest absolute Gasteiger partial charge is 0.161 e. The molecular formula is C32H34N3O4. The van der Waals surface area contributed by atoms with Gasteiger partial charge in [-0.05, 0) is 81.9 Å². The molecule has 0 spiro atoms. The Labute approximate surface area is 229 Å². The highest BCUT2D eigenvalue weighted by Gasteiger charge is 2.46. The summed E-state index contributed by atoms with van der Waals surface area (Å²) in [6.45, 7) is 2.94. The molecule has 39 heavy (non-hydrogen) atoms. The van der Waals surface area contributed by atoms with Crippen LogP contribution in [0.5, 0.6) is 23.0 Å². The van der Waals surface area contributed by atoms with Gasteiger partial charge in [0.15, 0.2) is 23.0 Å². The van der Waals surface area contributed by atoms with E-state index in [1.165, 1.54) is 33.9 Å². The molecule has 3 unspecified atom stereocenters. The van der Waals surface area contributed by atoms with Gasteiger partial charge in [-0.2, -0.15) is 5.43 Å². The van der Waals surface area contributed by atoms with Crippen LogP contribution in [-0.2, 0) is 6.54 Å². The predicted molar refractivity (Wildman–Crippen MR) is 152 cm³/mol. The van der Waals surface area contributed by atoms with Crippen LogP contribution in [0.3, 0.4) is 0 Å². The van der Waals surface area contributed by atoms with Gasteiger partial charge < -0.3 is 18.9 Å². The molecule has 3 aliphatic rings. The highest BCUT2D eigenvalue weighted by molar-refractivity contribution is 6.13. The summed E-state index contributed by atoms with van der Waals surface area (Å²) >= 11 is 0. The second kappa shape index (κ2) is 9.59. The molecule has 0 aliphatic carbocycles. The summed E-state index contributed by atoms with van der Waals surface area (Å²) in [4.78, 5) is 2.63. The van der Waals surface area contributed by atoms with Gasteiger partial charge in [-0.25, -0.2) is 5.01 Å². The molecule has 4 atom stereocenters. The largest absolute Gasteiger partial charge is 0.493 e. The average Bonchev–Trinajstić information content (AvgIpc) is 3.59. The molecule has 201 valence electrons. The molecule has 2 fully saturated rings. The highest BCUT2D eigenvalue weighted by atomic mass is 16.5. The van der Waals surface area contributed by atoms with E-state index in [0.29, 0.717) is 23.6 Å². The fourth-order valence-electron chi connectivity index (χ4n) is 6.80. The summed E-state index contributed by atoms with van der Waals surface area (Å²) in [5.41, 5.74) is 9.42. The summed E-state index contributed by atoms with van der Waals surface area (Å²) in [5.74, 6) is 2.89. The monoisotopic (exact) mass is 524 g/mol. The van der Waals surface area contributed by atoms with E-state index >= 15 is 0 Å². The van der Waals surface area contributed by atoms with E-state index in [4.69, 9.17) is 24.4 Å². The molecule has 7 rings (SSSR count). The maximum atomic E-state index is 5.80. The van der Waals surface area contributed by atoms with Gasteiger partial charge in [-0.15, -0.1) is 0 Å². The van der Waals surface area contributed by atoms with Gasteiger partial charge in [0, 0.05) is 19.1 Å². The van der Waals surface area contributed by atoms with Gasteiger partial charge in [-0.1, -0.05) is 30.3 Å². The van der Waals surface area contributed by atoms with Crippen molar-refractivity contribution in [1.82, 2.24) is 15.3 Å². The lowest BCUT2D eigenvalue weighted by Crippen LogP contribution is -2.43. The van der Waals surface area contributed by atoms with Crippen molar-refractivity contribution in [3.63, 3.8) is 0 Å². The average molecular weight is 525 g/mol. The summed E-state index contributed by atoms with van der Waals surface area (Å²) in [6, 6.07) is 19.9. The molecule has 0 amide bonds. The first-order chi connectivity index (χ1) is 19.1. The van der Waals surface area contributed by atoms with Crippen molar-refractivity contribution in [3.05, 3.63) is 71.3 Å². The van der Waals surface area contributed by atoms with Gasteiger partial charge in [0.2, 0.25) is 0 Å². The van der Waals surface area contributed by atoms with Gasteiger partial charge in [-0.3, -0.25) is 4.90 Å². The highest BCUT2D eigenvalue weighted by Crippen LogP contribution is 2.50. The van der Waals surface area contributed by atoms with E-state index in [1.54, 1.807) is 28.4 Å². The minimum Gasteiger partial charge on any atom is -0.493 e. The Morgan fingerprint density at radius 2 is 1.33 bits per heavy atom. The Kier molecular flexibility index (Phi) is 6.03. The minimum absolute atomic E-state index is 0.0306. The SMILES string of the molecule is COc1cc2c3c(c4cc(OC)c(OC)cc4c2cc1OC)C([N]N1CC1c1ccccc1)[C@@H]1CCCN1C3. The zero-order chi connectivity index (χ0) is 26.7. The second-order valence-corrected chi connectivity index (χ2v) is 10.7. The first-order valence-electron chi connectivity index (χ1n) is 13.7. The van der Waals surface area contributed by atoms with Crippen LogP contribution in [0.4, 0.5) is 0 Å². The lowest BCUT2D eigenvalue weighted by Gasteiger charge is -2.39. The second-order valence-electron chi connectivity index (χ2n) is 10.7. The maximum absolute atomic E-state index is 5.80. The number of nitrogens with zero attached hydrogens (tertiary/aromatic N) is 3. The predicted octanol–water partition coefficient (Wildman–Crippen LogP) is 5.62. The van der Waals surface area contributed by atoms with Crippen molar-refractivity contribution in [2.45, 2.75) is 37.5 Å². The quantitative estimate of drug-likeness (QED) is 0.231. The molecule has 3 aliphatic heterocycles. The molecule has 2 saturated heterocycles. The number of fused-ring (bicyclic) bond motifs is 7. The summed E-state index contributed by atoms with van der Waals surface area (Å²) < 4.78 is 23.0. The third-order valence-electron chi connectivity index (χ3n) is 8.76. The third kappa shape index (κ3) is 3.91. The van der Waals surface area contributed by atoms with Crippen molar-refractivity contribution in [3.8, 4) is 23.0 Å². The first kappa shape index (κ1) is 24.5.